The van der Waals surface area contributed by atoms with Crippen LogP contribution in [0.5, 0.6) is 0 Å². The summed E-state index contributed by atoms with van der Waals surface area (Å²) in [5.74, 6) is 0.182. The summed E-state index contributed by atoms with van der Waals surface area (Å²) < 4.78 is 3.15. The van der Waals surface area contributed by atoms with Gasteiger partial charge in [0.05, 0.1) is 15.2 Å². The van der Waals surface area contributed by atoms with Crippen LogP contribution in [0.1, 0.15) is 10.6 Å². The number of nitrogens with one attached hydrogen (secondary N) is 1. The highest BCUT2D eigenvalue weighted by Gasteiger charge is 2.15. The first-order valence-corrected chi connectivity index (χ1v) is 7.58. The van der Waals surface area contributed by atoms with E-state index in [1.165, 1.54) is 18.7 Å². The van der Waals surface area contributed by atoms with Crippen molar-refractivity contribution in [3.05, 3.63) is 49.6 Å². The molecule has 0 saturated carbocycles. The van der Waals surface area contributed by atoms with Crippen molar-refractivity contribution in [2.45, 2.75) is 6.92 Å². The van der Waals surface area contributed by atoms with Gasteiger partial charge in [-0.25, -0.2) is 9.78 Å². The molecule has 0 aliphatic rings. The first-order chi connectivity index (χ1) is 10.9. The van der Waals surface area contributed by atoms with Gasteiger partial charge in [-0.05, 0) is 25.1 Å². The predicted octanol–water partition coefficient (Wildman–Crippen LogP) is 1.62. The summed E-state index contributed by atoms with van der Waals surface area (Å²) in [5, 5.41) is 13.2. The molecule has 8 heteroatoms. The molecule has 0 atom stereocenters. The molecule has 3 aromatic rings. The lowest BCUT2D eigenvalue weighted by molar-refractivity contribution is 0.689. The zero-order valence-electron chi connectivity index (χ0n) is 12.7. The highest BCUT2D eigenvalue weighted by atomic mass is 32.1. The van der Waals surface area contributed by atoms with Crippen molar-refractivity contribution >= 4 is 33.1 Å². The van der Waals surface area contributed by atoms with Crippen molar-refractivity contribution in [3.8, 4) is 6.07 Å². The Morgan fingerprint density at radius 3 is 2.70 bits per heavy atom. The molecule has 0 spiro atoms. The first kappa shape index (κ1) is 15.0. The third-order valence-electron chi connectivity index (χ3n) is 3.53. The van der Waals surface area contributed by atoms with Crippen molar-refractivity contribution in [2.24, 2.45) is 14.1 Å². The van der Waals surface area contributed by atoms with E-state index in [1.54, 1.807) is 17.4 Å². The number of aromatic nitrogens is 3. The Balaban J connectivity index is 2.17. The highest BCUT2D eigenvalue weighted by Crippen LogP contribution is 2.26. The maximum absolute atomic E-state index is 12.1. The molecule has 23 heavy (non-hydrogen) atoms. The lowest BCUT2D eigenvalue weighted by Crippen LogP contribution is -2.39. The minimum absolute atomic E-state index is 0.102. The van der Waals surface area contributed by atoms with Gasteiger partial charge in [-0.15, -0.1) is 11.3 Å². The molecule has 116 valence electrons. The molecule has 3 rings (SSSR count). The Morgan fingerprint density at radius 1 is 1.26 bits per heavy atom. The lowest BCUT2D eigenvalue weighted by atomic mass is 10.2. The standard InChI is InChI=1S/C15H13N5O2S/c1-8-17-11-5-4-9(6-12(11)23-8)18-13-10(7-16)14(21)20(3)15(22)19(13)2/h4-6,18H,1-3H3. The van der Waals surface area contributed by atoms with Crippen molar-refractivity contribution in [1.29, 1.82) is 5.26 Å². The average molecular weight is 327 g/mol. The highest BCUT2D eigenvalue weighted by molar-refractivity contribution is 7.18. The fourth-order valence-corrected chi connectivity index (χ4v) is 3.21. The number of nitriles is 1. The molecule has 2 aromatic heterocycles. The molecular weight excluding hydrogens is 314 g/mol. The van der Waals surface area contributed by atoms with E-state index in [2.05, 4.69) is 10.3 Å². The molecule has 0 saturated heterocycles. The van der Waals surface area contributed by atoms with Crippen LogP contribution in [0.3, 0.4) is 0 Å². The minimum atomic E-state index is -0.618. The second kappa shape index (κ2) is 5.37. The van der Waals surface area contributed by atoms with Crippen LogP contribution < -0.4 is 16.6 Å². The van der Waals surface area contributed by atoms with Gasteiger partial charge in [0, 0.05) is 19.8 Å². The van der Waals surface area contributed by atoms with Crippen LogP contribution in [-0.2, 0) is 14.1 Å². The van der Waals surface area contributed by atoms with Crippen molar-refractivity contribution in [3.63, 3.8) is 0 Å². The van der Waals surface area contributed by atoms with Gasteiger partial charge in [-0.2, -0.15) is 5.26 Å². The predicted molar refractivity (Wildman–Crippen MR) is 89.3 cm³/mol. The molecule has 1 N–H and O–H groups in total. The van der Waals surface area contributed by atoms with E-state index in [0.29, 0.717) is 5.69 Å². The average Bonchev–Trinajstić information content (AvgIpc) is 2.90. The van der Waals surface area contributed by atoms with E-state index in [1.807, 2.05) is 25.1 Å². The second-order valence-electron chi connectivity index (χ2n) is 5.08. The molecular formula is C15H13N5O2S. The summed E-state index contributed by atoms with van der Waals surface area (Å²) in [6, 6.07) is 7.40. The van der Waals surface area contributed by atoms with E-state index >= 15 is 0 Å². The number of nitrogens with zero attached hydrogens (tertiary/aromatic N) is 4. The number of hydrogen-bond donors (Lipinski definition) is 1. The van der Waals surface area contributed by atoms with Gasteiger partial charge in [0.25, 0.3) is 5.56 Å². The zero-order chi connectivity index (χ0) is 16.7. The van der Waals surface area contributed by atoms with Gasteiger partial charge in [0.2, 0.25) is 0 Å². The SMILES string of the molecule is Cc1nc2ccc(Nc3c(C#N)c(=O)n(C)c(=O)n3C)cc2s1. The summed E-state index contributed by atoms with van der Waals surface area (Å²) >= 11 is 1.55. The monoisotopic (exact) mass is 327 g/mol. The van der Waals surface area contributed by atoms with Gasteiger partial charge in [0.1, 0.15) is 11.9 Å². The third kappa shape index (κ3) is 2.41. The Labute approximate surface area is 135 Å². The van der Waals surface area contributed by atoms with Gasteiger partial charge >= 0.3 is 5.69 Å². The van der Waals surface area contributed by atoms with Crippen LogP contribution >= 0.6 is 11.3 Å². The molecule has 0 radical (unpaired) electrons. The minimum Gasteiger partial charge on any atom is -0.340 e. The van der Waals surface area contributed by atoms with E-state index in [9.17, 15) is 14.9 Å². The third-order valence-corrected chi connectivity index (χ3v) is 4.47. The molecule has 0 fully saturated rings. The molecule has 7 nitrogen and oxygen atoms in total. The number of benzene rings is 1. The fourth-order valence-electron chi connectivity index (χ4n) is 2.35. The molecule has 0 aliphatic heterocycles. The summed E-state index contributed by atoms with van der Waals surface area (Å²) in [6.07, 6.45) is 0. The second-order valence-corrected chi connectivity index (χ2v) is 6.32. The number of fused-ring (bicyclic) bond motifs is 1. The molecule has 0 bridgehead atoms. The van der Waals surface area contributed by atoms with Crippen LogP contribution in [0.15, 0.2) is 27.8 Å². The Morgan fingerprint density at radius 2 is 2.00 bits per heavy atom. The van der Waals surface area contributed by atoms with Gasteiger partial charge < -0.3 is 5.32 Å². The quantitative estimate of drug-likeness (QED) is 0.772. The number of hydrogen-bond acceptors (Lipinski definition) is 6. The Hall–Kier alpha value is -2.92. The van der Waals surface area contributed by atoms with Crippen molar-refractivity contribution < 1.29 is 0 Å². The molecule has 0 aliphatic carbocycles. The summed E-state index contributed by atoms with van der Waals surface area (Å²) in [7, 11) is 2.86. The number of anilines is 2. The van der Waals surface area contributed by atoms with Crippen molar-refractivity contribution in [1.82, 2.24) is 14.1 Å². The van der Waals surface area contributed by atoms with Crippen molar-refractivity contribution in [2.75, 3.05) is 5.32 Å². The maximum Gasteiger partial charge on any atom is 0.332 e. The largest absolute Gasteiger partial charge is 0.340 e. The van der Waals surface area contributed by atoms with Crippen LogP contribution in [0.2, 0.25) is 0 Å². The van der Waals surface area contributed by atoms with Gasteiger partial charge in [-0.1, -0.05) is 0 Å². The zero-order valence-corrected chi connectivity index (χ0v) is 13.6. The van der Waals surface area contributed by atoms with E-state index in [4.69, 9.17) is 0 Å². The molecule has 1 aromatic carbocycles. The van der Waals surface area contributed by atoms with Gasteiger partial charge in [-0.3, -0.25) is 13.9 Å². The smallest absolute Gasteiger partial charge is 0.332 e. The van der Waals surface area contributed by atoms with E-state index in [-0.39, 0.29) is 11.4 Å². The molecule has 2 heterocycles. The number of thiazole rings is 1. The van der Waals surface area contributed by atoms with E-state index in [0.717, 1.165) is 19.8 Å². The van der Waals surface area contributed by atoms with Crippen LogP contribution in [0, 0.1) is 18.3 Å². The Bertz CT molecular complexity index is 1080. The number of aryl methyl sites for hydroxylation is 1. The topological polar surface area (TPSA) is 92.7 Å². The molecule has 0 unspecified atom stereocenters. The number of rotatable bonds is 2. The normalized spacial score (nSPS) is 10.7. The molecule has 0 amide bonds. The summed E-state index contributed by atoms with van der Waals surface area (Å²) in [5.41, 5.74) is 0.353. The lowest BCUT2D eigenvalue weighted by Gasteiger charge is -2.13. The van der Waals surface area contributed by atoms with Gasteiger partial charge in [0.15, 0.2) is 5.56 Å². The maximum atomic E-state index is 12.1. The fraction of sp³-hybridized carbons (Fsp3) is 0.200. The summed E-state index contributed by atoms with van der Waals surface area (Å²) in [6.45, 7) is 1.93. The Kier molecular flexibility index (Phi) is 3.50. The van der Waals surface area contributed by atoms with Crippen LogP contribution in [0.4, 0.5) is 11.5 Å². The first-order valence-electron chi connectivity index (χ1n) is 6.76. The summed E-state index contributed by atoms with van der Waals surface area (Å²) in [4.78, 5) is 28.5. The van der Waals surface area contributed by atoms with Crippen LogP contribution in [0.25, 0.3) is 10.2 Å². The van der Waals surface area contributed by atoms with E-state index < -0.39 is 11.2 Å². The van der Waals surface area contributed by atoms with Crippen LogP contribution in [-0.4, -0.2) is 14.1 Å².